The van der Waals surface area contributed by atoms with Crippen molar-refractivity contribution in [1.82, 2.24) is 0 Å². The fourth-order valence-electron chi connectivity index (χ4n) is 1.11. The van der Waals surface area contributed by atoms with Crippen LogP contribution in [0.3, 0.4) is 0 Å². The van der Waals surface area contributed by atoms with Gasteiger partial charge < -0.3 is 0 Å². The highest BCUT2D eigenvalue weighted by Crippen LogP contribution is 2.64. The van der Waals surface area contributed by atoms with Crippen molar-refractivity contribution >= 4 is 39.6 Å². The van der Waals surface area contributed by atoms with E-state index in [1.54, 1.807) is 0 Å². The summed E-state index contributed by atoms with van der Waals surface area (Å²) >= 11 is 2.49. The maximum Gasteiger partial charge on any atom is 0.0766 e. The van der Waals surface area contributed by atoms with Gasteiger partial charge in [0.05, 0.1) is 11.2 Å². The zero-order chi connectivity index (χ0) is 7.90. The third kappa shape index (κ3) is 1.20. The number of nitrogens with zero attached hydrogens (tertiary/aromatic N) is 1. The molecule has 58 valence electrons. The van der Waals surface area contributed by atoms with Crippen molar-refractivity contribution in [2.75, 3.05) is 6.26 Å². The van der Waals surface area contributed by atoms with Crippen LogP contribution in [0.15, 0.2) is 34.2 Å². The fraction of sp³-hybridized carbons (Fsp3) is 0.125. The molecule has 0 spiro atoms. The minimum absolute atomic E-state index is 0.727. The van der Waals surface area contributed by atoms with E-state index < -0.39 is 7.20 Å². The maximum atomic E-state index is 4.36. The normalized spacial score (nSPS) is 32.9. The van der Waals surface area contributed by atoms with Crippen LogP contribution in [0, 0.1) is 0 Å². The molecule has 0 bridgehead atoms. The van der Waals surface area contributed by atoms with Crippen LogP contribution in [0.1, 0.15) is 0 Å². The summed E-state index contributed by atoms with van der Waals surface area (Å²) in [5, 5.41) is 0. The van der Waals surface area contributed by atoms with Crippen molar-refractivity contribution in [1.29, 1.82) is 0 Å². The molecule has 0 saturated heterocycles. The Morgan fingerprint density at radius 2 is 2.09 bits per heavy atom. The second-order valence-corrected chi connectivity index (χ2v) is 10.5. The number of para-hydroxylation sites is 1. The van der Waals surface area contributed by atoms with Gasteiger partial charge in [0.1, 0.15) is 0 Å². The van der Waals surface area contributed by atoms with Gasteiger partial charge in [0, 0.05) is 4.90 Å². The lowest BCUT2D eigenvalue weighted by Crippen LogP contribution is -1.83. The number of hydrogen-bond acceptors (Lipinski definition) is 1. The van der Waals surface area contributed by atoms with Gasteiger partial charge in [0.25, 0.3) is 0 Å². The number of aliphatic imine (C=N–C) groups is 1. The van der Waals surface area contributed by atoms with E-state index in [-0.39, 0.29) is 0 Å². The van der Waals surface area contributed by atoms with Crippen molar-refractivity contribution in [2.45, 2.75) is 4.90 Å². The third-order valence-corrected chi connectivity index (χ3v) is 5.50. The Morgan fingerprint density at radius 3 is 2.82 bits per heavy atom. The average molecular weight is 277 g/mol. The van der Waals surface area contributed by atoms with Crippen LogP contribution in [-0.4, -0.2) is 11.8 Å². The number of benzene rings is 1. The first kappa shape index (κ1) is 7.61. The minimum Gasteiger partial charge on any atom is -0.249 e. The molecule has 0 N–H and O–H groups in total. The average Bonchev–Trinajstić information content (AvgIpc) is 2.29. The molecule has 1 unspecified atom stereocenters. The summed E-state index contributed by atoms with van der Waals surface area (Å²) in [5.41, 5.74) is 3.23. The lowest BCUT2D eigenvalue weighted by molar-refractivity contribution is 1.41. The molecular weight excluding hydrogens is 269 g/mol. The largest absolute Gasteiger partial charge is 0.249 e. The molecule has 1 aliphatic rings. The Bertz CT molecular complexity index is 320. The van der Waals surface area contributed by atoms with E-state index in [0.717, 1.165) is 5.69 Å². The standard InChI is InChI=1S/C8H8INS/c1-11(9)6-10-7-4-2-3-5-8(7)11/h2-6H,1H3. The van der Waals surface area contributed by atoms with Crippen LogP contribution < -0.4 is 0 Å². The van der Waals surface area contributed by atoms with E-state index in [0.29, 0.717) is 0 Å². The van der Waals surface area contributed by atoms with E-state index in [9.17, 15) is 0 Å². The summed E-state index contributed by atoms with van der Waals surface area (Å²) < 4.78 is 0. The van der Waals surface area contributed by atoms with Gasteiger partial charge in [-0.25, -0.2) is 4.99 Å². The quantitative estimate of drug-likeness (QED) is 0.643. The summed E-state index contributed by atoms with van der Waals surface area (Å²) in [4.78, 5) is 5.76. The summed E-state index contributed by atoms with van der Waals surface area (Å²) in [7, 11) is -0.727. The Labute approximate surface area is 79.8 Å². The second-order valence-electron chi connectivity index (χ2n) is 2.58. The molecule has 0 fully saturated rings. The summed E-state index contributed by atoms with van der Waals surface area (Å²) in [5.74, 6) is 0. The van der Waals surface area contributed by atoms with E-state index in [4.69, 9.17) is 0 Å². The zero-order valence-corrected chi connectivity index (χ0v) is 9.09. The molecule has 1 atom stereocenters. The number of rotatable bonds is 0. The van der Waals surface area contributed by atoms with Crippen LogP contribution >= 0.6 is 28.4 Å². The monoisotopic (exact) mass is 277 g/mol. The zero-order valence-electron chi connectivity index (χ0n) is 6.12. The molecule has 1 heterocycles. The molecule has 1 aromatic carbocycles. The first-order valence-corrected chi connectivity index (χ1v) is 7.96. The number of fused-ring (bicyclic) bond motifs is 1. The molecule has 2 rings (SSSR count). The molecule has 0 saturated carbocycles. The van der Waals surface area contributed by atoms with Crippen molar-refractivity contribution in [3.63, 3.8) is 0 Å². The Balaban J connectivity index is 2.64. The molecule has 0 radical (unpaired) electrons. The van der Waals surface area contributed by atoms with Crippen LogP contribution in [0.4, 0.5) is 5.69 Å². The van der Waals surface area contributed by atoms with Gasteiger partial charge >= 0.3 is 0 Å². The highest BCUT2D eigenvalue weighted by molar-refractivity contribution is 14.2. The first-order valence-electron chi connectivity index (χ1n) is 3.31. The molecule has 3 heteroatoms. The maximum absolute atomic E-state index is 4.36. The van der Waals surface area contributed by atoms with Crippen LogP contribution in [0.5, 0.6) is 0 Å². The second kappa shape index (κ2) is 2.48. The van der Waals surface area contributed by atoms with Crippen LogP contribution in [-0.2, 0) is 0 Å². The molecule has 0 aliphatic carbocycles. The van der Waals surface area contributed by atoms with Crippen molar-refractivity contribution in [2.24, 2.45) is 4.99 Å². The van der Waals surface area contributed by atoms with Crippen molar-refractivity contribution < 1.29 is 0 Å². The van der Waals surface area contributed by atoms with Gasteiger partial charge in [0.2, 0.25) is 0 Å². The SMILES string of the molecule is CS1(I)C=Nc2ccccc21. The van der Waals surface area contributed by atoms with E-state index >= 15 is 0 Å². The molecular formula is C8H8INS. The Kier molecular flexibility index (Phi) is 1.72. The van der Waals surface area contributed by atoms with Gasteiger partial charge in [-0.2, -0.15) is 0 Å². The van der Waals surface area contributed by atoms with Gasteiger partial charge in [0.15, 0.2) is 0 Å². The fourth-order valence-corrected chi connectivity index (χ4v) is 3.87. The van der Waals surface area contributed by atoms with Crippen molar-refractivity contribution in [3.05, 3.63) is 24.3 Å². The Hall–Kier alpha value is -0.0300. The Morgan fingerprint density at radius 1 is 1.36 bits per heavy atom. The number of hydrogen-bond donors (Lipinski definition) is 0. The number of halogens is 1. The first-order chi connectivity index (χ1) is 5.20. The molecule has 1 nitrogen and oxygen atoms in total. The smallest absolute Gasteiger partial charge is 0.0766 e. The highest BCUT2D eigenvalue weighted by atomic mass is 127. The molecule has 1 aromatic rings. The topological polar surface area (TPSA) is 12.4 Å². The van der Waals surface area contributed by atoms with Crippen LogP contribution in [0.25, 0.3) is 0 Å². The van der Waals surface area contributed by atoms with Gasteiger partial charge in [-0.3, -0.25) is 0 Å². The van der Waals surface area contributed by atoms with Crippen LogP contribution in [0.2, 0.25) is 0 Å². The minimum atomic E-state index is -0.727. The summed E-state index contributed by atoms with van der Waals surface area (Å²) in [6.07, 6.45) is 2.25. The van der Waals surface area contributed by atoms with Gasteiger partial charge in [-0.1, -0.05) is 12.1 Å². The lowest BCUT2D eigenvalue weighted by atomic mass is 10.3. The van der Waals surface area contributed by atoms with Crippen molar-refractivity contribution in [3.8, 4) is 0 Å². The molecule has 0 aromatic heterocycles. The van der Waals surface area contributed by atoms with Gasteiger partial charge in [-0.15, -0.1) is 7.20 Å². The summed E-state index contributed by atoms with van der Waals surface area (Å²) in [6, 6.07) is 8.36. The van der Waals surface area contributed by atoms with E-state index in [1.807, 2.05) is 6.07 Å². The lowest BCUT2D eigenvalue weighted by Gasteiger charge is -2.18. The third-order valence-electron chi connectivity index (χ3n) is 1.69. The predicted molar refractivity (Wildman–Crippen MR) is 60.4 cm³/mol. The predicted octanol–water partition coefficient (Wildman–Crippen LogP) is 3.50. The highest BCUT2D eigenvalue weighted by Gasteiger charge is 2.22. The molecule has 0 amide bonds. The molecule has 11 heavy (non-hydrogen) atoms. The summed E-state index contributed by atoms with van der Waals surface area (Å²) in [6.45, 7) is 0. The van der Waals surface area contributed by atoms with E-state index in [1.165, 1.54) is 4.90 Å². The van der Waals surface area contributed by atoms with E-state index in [2.05, 4.69) is 56.2 Å². The molecule has 1 aliphatic heterocycles. The van der Waals surface area contributed by atoms with Gasteiger partial charge in [-0.05, 0) is 39.6 Å².